The number of carbonyl (C=O) groups is 1. The van der Waals surface area contributed by atoms with Crippen molar-refractivity contribution in [3.8, 4) is 0 Å². The van der Waals surface area contributed by atoms with Crippen LogP contribution in [0.3, 0.4) is 0 Å². The lowest BCUT2D eigenvalue weighted by Gasteiger charge is -2.18. The molecule has 1 amide bonds. The van der Waals surface area contributed by atoms with Gasteiger partial charge < -0.3 is 5.32 Å². The number of amides is 1. The largest absolute Gasteiger partial charge is 0.323 e. The number of hydrogen-bond donors (Lipinski definition) is 1. The number of nitrogens with one attached hydrogen (secondary N) is 1. The Morgan fingerprint density at radius 3 is 2.55 bits per heavy atom. The second-order valence-corrected chi connectivity index (χ2v) is 5.88. The van der Waals surface area contributed by atoms with Gasteiger partial charge in [0, 0.05) is 12.6 Å². The number of rotatable bonds is 4. The molecule has 0 fully saturated rings. The minimum Gasteiger partial charge on any atom is -0.323 e. The van der Waals surface area contributed by atoms with Gasteiger partial charge in [0.1, 0.15) is 0 Å². The van der Waals surface area contributed by atoms with Crippen molar-refractivity contribution < 1.29 is 4.79 Å². The first-order valence-electron chi connectivity index (χ1n) is 6.84. The number of benzene rings is 1. The van der Waals surface area contributed by atoms with Gasteiger partial charge in [0.2, 0.25) is 5.91 Å². The van der Waals surface area contributed by atoms with Crippen molar-refractivity contribution in [2.24, 2.45) is 0 Å². The van der Waals surface area contributed by atoms with E-state index in [2.05, 4.69) is 31.2 Å². The third-order valence-electron chi connectivity index (χ3n) is 3.04. The van der Waals surface area contributed by atoms with E-state index in [1.807, 2.05) is 41.2 Å². The van der Waals surface area contributed by atoms with Crippen LogP contribution in [0.1, 0.15) is 32.8 Å². The molecule has 1 aromatic heterocycles. The zero-order valence-electron chi connectivity index (χ0n) is 12.3. The van der Waals surface area contributed by atoms with Crippen LogP contribution >= 0.6 is 0 Å². The van der Waals surface area contributed by atoms with Gasteiger partial charge in [-0.25, -0.2) is 0 Å². The predicted molar refractivity (Wildman–Crippen MR) is 80.6 cm³/mol. The monoisotopic (exact) mass is 271 g/mol. The second-order valence-electron chi connectivity index (χ2n) is 5.88. The molecule has 0 aliphatic carbocycles. The van der Waals surface area contributed by atoms with E-state index >= 15 is 0 Å². The standard InChI is InChI=1S/C16H21N3O/c1-16(2,3)19-12-14(11-17-19)18-15(20)10-9-13-7-5-4-6-8-13/h4-8,11-12H,9-10H2,1-3H3,(H,18,20). The molecular weight excluding hydrogens is 250 g/mol. The highest BCUT2D eigenvalue weighted by molar-refractivity contribution is 5.90. The normalized spacial score (nSPS) is 11.3. The summed E-state index contributed by atoms with van der Waals surface area (Å²) in [4.78, 5) is 11.9. The predicted octanol–water partition coefficient (Wildman–Crippen LogP) is 3.21. The van der Waals surface area contributed by atoms with E-state index in [0.29, 0.717) is 6.42 Å². The van der Waals surface area contributed by atoms with Gasteiger partial charge in [0.05, 0.1) is 17.4 Å². The van der Waals surface area contributed by atoms with Crippen LogP contribution in [0.15, 0.2) is 42.7 Å². The van der Waals surface area contributed by atoms with Crippen LogP contribution in [0, 0.1) is 0 Å². The Bertz CT molecular complexity index is 567. The molecule has 106 valence electrons. The molecule has 0 saturated carbocycles. The lowest BCUT2D eigenvalue weighted by atomic mass is 10.1. The Hall–Kier alpha value is -2.10. The highest BCUT2D eigenvalue weighted by atomic mass is 16.1. The Morgan fingerprint density at radius 2 is 1.95 bits per heavy atom. The lowest BCUT2D eigenvalue weighted by molar-refractivity contribution is -0.116. The average Bonchev–Trinajstić information content (AvgIpc) is 2.86. The summed E-state index contributed by atoms with van der Waals surface area (Å²) in [7, 11) is 0. The van der Waals surface area contributed by atoms with Crippen LogP contribution in [0.25, 0.3) is 0 Å². The number of aryl methyl sites for hydroxylation is 1. The molecule has 0 saturated heterocycles. The molecule has 0 aliphatic rings. The fourth-order valence-electron chi connectivity index (χ4n) is 1.88. The average molecular weight is 271 g/mol. The minimum atomic E-state index is -0.0764. The van der Waals surface area contributed by atoms with E-state index < -0.39 is 0 Å². The van der Waals surface area contributed by atoms with E-state index in [-0.39, 0.29) is 11.4 Å². The molecule has 0 unspecified atom stereocenters. The van der Waals surface area contributed by atoms with Crippen molar-refractivity contribution in [1.82, 2.24) is 9.78 Å². The first-order valence-corrected chi connectivity index (χ1v) is 6.84. The van der Waals surface area contributed by atoms with Crippen molar-refractivity contribution in [1.29, 1.82) is 0 Å². The van der Waals surface area contributed by atoms with Gasteiger partial charge >= 0.3 is 0 Å². The summed E-state index contributed by atoms with van der Waals surface area (Å²) < 4.78 is 1.85. The SMILES string of the molecule is CC(C)(C)n1cc(NC(=O)CCc2ccccc2)cn1. The van der Waals surface area contributed by atoms with Gasteiger partial charge in [-0.05, 0) is 32.8 Å². The number of hydrogen-bond acceptors (Lipinski definition) is 2. The Kier molecular flexibility index (Phi) is 4.23. The maximum Gasteiger partial charge on any atom is 0.224 e. The fraction of sp³-hybridized carbons (Fsp3) is 0.375. The molecule has 4 nitrogen and oxygen atoms in total. The smallest absolute Gasteiger partial charge is 0.224 e. The first-order chi connectivity index (χ1) is 9.45. The van der Waals surface area contributed by atoms with Crippen LogP contribution < -0.4 is 5.32 Å². The molecule has 1 N–H and O–H groups in total. The van der Waals surface area contributed by atoms with Crippen LogP contribution in [-0.4, -0.2) is 15.7 Å². The van der Waals surface area contributed by atoms with E-state index in [1.165, 1.54) is 5.56 Å². The van der Waals surface area contributed by atoms with E-state index in [0.717, 1.165) is 12.1 Å². The number of anilines is 1. The maximum absolute atomic E-state index is 11.9. The highest BCUT2D eigenvalue weighted by Crippen LogP contribution is 2.16. The summed E-state index contributed by atoms with van der Waals surface area (Å²) in [5.74, 6) is 0.0160. The molecule has 0 bridgehead atoms. The second kappa shape index (κ2) is 5.90. The van der Waals surface area contributed by atoms with Gasteiger partial charge in [-0.15, -0.1) is 0 Å². The van der Waals surface area contributed by atoms with Crippen molar-refractivity contribution in [2.75, 3.05) is 5.32 Å². The van der Waals surface area contributed by atoms with Crippen molar-refractivity contribution in [2.45, 2.75) is 39.2 Å². The molecule has 4 heteroatoms. The molecule has 2 rings (SSSR count). The van der Waals surface area contributed by atoms with Crippen LogP contribution in [0.4, 0.5) is 5.69 Å². The Labute approximate surface area is 119 Å². The van der Waals surface area contributed by atoms with Gasteiger partial charge in [-0.1, -0.05) is 30.3 Å². The topological polar surface area (TPSA) is 46.9 Å². The maximum atomic E-state index is 11.9. The highest BCUT2D eigenvalue weighted by Gasteiger charge is 2.14. The summed E-state index contributed by atoms with van der Waals surface area (Å²) in [6.07, 6.45) is 4.77. The number of carbonyl (C=O) groups excluding carboxylic acids is 1. The molecule has 20 heavy (non-hydrogen) atoms. The van der Waals surface area contributed by atoms with Crippen molar-refractivity contribution >= 4 is 11.6 Å². The quantitative estimate of drug-likeness (QED) is 0.928. The van der Waals surface area contributed by atoms with Crippen molar-refractivity contribution in [3.63, 3.8) is 0 Å². The molecule has 1 aromatic carbocycles. The summed E-state index contributed by atoms with van der Waals surface area (Å²) in [5.41, 5.74) is 1.85. The Balaban J connectivity index is 1.87. The van der Waals surface area contributed by atoms with Crippen molar-refractivity contribution in [3.05, 3.63) is 48.3 Å². The summed E-state index contributed by atoms with van der Waals surface area (Å²) in [6.45, 7) is 6.21. The molecule has 1 heterocycles. The fourth-order valence-corrected chi connectivity index (χ4v) is 1.88. The van der Waals surface area contributed by atoms with E-state index in [1.54, 1.807) is 6.20 Å². The zero-order chi connectivity index (χ0) is 14.6. The van der Waals surface area contributed by atoms with Gasteiger partial charge in [-0.2, -0.15) is 5.10 Å². The molecule has 0 atom stereocenters. The van der Waals surface area contributed by atoms with Crippen LogP contribution in [0.5, 0.6) is 0 Å². The minimum absolute atomic E-state index is 0.0160. The van der Waals surface area contributed by atoms with Gasteiger partial charge in [0.15, 0.2) is 0 Å². The molecular formula is C16H21N3O. The van der Waals surface area contributed by atoms with Gasteiger partial charge in [0.25, 0.3) is 0 Å². The van der Waals surface area contributed by atoms with Crippen LogP contribution in [0.2, 0.25) is 0 Å². The summed E-state index contributed by atoms with van der Waals surface area (Å²) >= 11 is 0. The summed E-state index contributed by atoms with van der Waals surface area (Å²) in [6, 6.07) is 10.0. The van der Waals surface area contributed by atoms with E-state index in [4.69, 9.17) is 0 Å². The number of aromatic nitrogens is 2. The van der Waals surface area contributed by atoms with Gasteiger partial charge in [-0.3, -0.25) is 9.48 Å². The molecule has 0 spiro atoms. The first kappa shape index (κ1) is 14.3. The zero-order valence-corrected chi connectivity index (χ0v) is 12.3. The third kappa shape index (κ3) is 3.95. The third-order valence-corrected chi connectivity index (χ3v) is 3.04. The molecule has 2 aromatic rings. The molecule has 0 radical (unpaired) electrons. The lowest BCUT2D eigenvalue weighted by Crippen LogP contribution is -2.22. The Morgan fingerprint density at radius 1 is 1.25 bits per heavy atom. The van der Waals surface area contributed by atoms with Crippen LogP contribution in [-0.2, 0) is 16.8 Å². The van der Waals surface area contributed by atoms with E-state index in [9.17, 15) is 4.79 Å². The number of nitrogens with zero attached hydrogens (tertiary/aromatic N) is 2. The summed E-state index contributed by atoms with van der Waals surface area (Å²) in [5, 5.41) is 7.14. The molecule has 0 aliphatic heterocycles.